The molecule has 1 unspecified atom stereocenters. The highest BCUT2D eigenvalue weighted by molar-refractivity contribution is 7.89. The van der Waals surface area contributed by atoms with E-state index >= 15 is 0 Å². The molecule has 0 bridgehead atoms. The smallest absolute Gasteiger partial charge is 0.389 e. The van der Waals surface area contributed by atoms with Gasteiger partial charge in [0.2, 0.25) is 10.0 Å². The Kier molecular flexibility index (Phi) is 6.61. The summed E-state index contributed by atoms with van der Waals surface area (Å²) < 4.78 is 60.1. The second kappa shape index (κ2) is 6.93. The largest absolute Gasteiger partial charge is 0.481 e. The van der Waals surface area contributed by atoms with Gasteiger partial charge in [0.1, 0.15) is 0 Å². The number of carboxylic acids is 1. The minimum atomic E-state index is -4.37. The van der Waals surface area contributed by atoms with Crippen LogP contribution in [0.3, 0.4) is 0 Å². The number of carbonyl (C=O) groups is 1. The van der Waals surface area contributed by atoms with E-state index in [2.05, 4.69) is 4.72 Å². The normalized spacial score (nSPS) is 14.4. The predicted molar refractivity (Wildman–Crippen MR) is 58.5 cm³/mol. The van der Waals surface area contributed by atoms with E-state index in [1.165, 1.54) is 6.92 Å². The Morgan fingerprint density at radius 1 is 1.39 bits per heavy atom. The van der Waals surface area contributed by atoms with Gasteiger partial charge in [0.25, 0.3) is 0 Å². The molecule has 1 atom stereocenters. The van der Waals surface area contributed by atoms with Crippen molar-refractivity contribution >= 4 is 16.0 Å². The lowest BCUT2D eigenvalue weighted by Gasteiger charge is -2.11. The maximum absolute atomic E-state index is 11.8. The van der Waals surface area contributed by atoms with Gasteiger partial charge in [-0.2, -0.15) is 13.2 Å². The van der Waals surface area contributed by atoms with Crippen molar-refractivity contribution in [3.8, 4) is 0 Å². The van der Waals surface area contributed by atoms with Gasteiger partial charge in [-0.15, -0.1) is 0 Å². The zero-order chi connectivity index (χ0) is 14.4. The molecule has 0 rings (SSSR count). The lowest BCUT2D eigenvalue weighted by Crippen LogP contribution is -2.31. The van der Waals surface area contributed by atoms with Crippen LogP contribution < -0.4 is 4.72 Å². The van der Waals surface area contributed by atoms with Crippen LogP contribution in [0.4, 0.5) is 13.2 Å². The van der Waals surface area contributed by atoms with Gasteiger partial charge in [0.05, 0.1) is 5.75 Å². The van der Waals surface area contributed by atoms with Crippen molar-refractivity contribution in [1.29, 1.82) is 0 Å². The molecule has 0 aliphatic carbocycles. The van der Waals surface area contributed by atoms with Crippen LogP contribution in [0.15, 0.2) is 0 Å². The van der Waals surface area contributed by atoms with Gasteiger partial charge < -0.3 is 5.11 Å². The summed E-state index contributed by atoms with van der Waals surface area (Å²) in [4.78, 5) is 10.3. The molecule has 0 heterocycles. The highest BCUT2D eigenvalue weighted by atomic mass is 32.2. The molecule has 2 N–H and O–H groups in total. The third-order valence-electron chi connectivity index (χ3n) is 2.05. The maximum Gasteiger partial charge on any atom is 0.389 e. The number of carboxylic acid groups (broad SMARTS) is 1. The molecular weight excluding hydrogens is 275 g/mol. The van der Waals surface area contributed by atoms with Gasteiger partial charge in [-0.05, 0) is 12.3 Å². The van der Waals surface area contributed by atoms with Crippen LogP contribution in [0.5, 0.6) is 0 Å². The molecule has 5 nitrogen and oxygen atoms in total. The summed E-state index contributed by atoms with van der Waals surface area (Å²) in [5.41, 5.74) is 0. The molecule has 0 aliphatic heterocycles. The van der Waals surface area contributed by atoms with Crippen molar-refractivity contribution in [3.05, 3.63) is 0 Å². The van der Waals surface area contributed by atoms with Gasteiger partial charge in [0, 0.05) is 19.4 Å². The number of halogens is 3. The van der Waals surface area contributed by atoms with Crippen molar-refractivity contribution in [2.75, 3.05) is 12.3 Å². The zero-order valence-electron chi connectivity index (χ0n) is 9.83. The molecule has 0 amide bonds. The Balaban J connectivity index is 3.98. The van der Waals surface area contributed by atoms with Crippen LogP contribution >= 0.6 is 0 Å². The molecular formula is C9H16F3NO4S. The topological polar surface area (TPSA) is 83.5 Å². The average Bonchev–Trinajstić information content (AvgIpc) is 2.11. The quantitative estimate of drug-likeness (QED) is 0.707. The molecule has 0 aromatic rings. The second-order valence-electron chi connectivity index (χ2n) is 4.09. The summed E-state index contributed by atoms with van der Waals surface area (Å²) in [5.74, 6) is -2.09. The van der Waals surface area contributed by atoms with E-state index in [4.69, 9.17) is 5.11 Å². The van der Waals surface area contributed by atoms with Crippen molar-refractivity contribution < 1.29 is 31.5 Å². The number of aliphatic carboxylic acids is 1. The first-order chi connectivity index (χ1) is 8.02. The summed E-state index contributed by atoms with van der Waals surface area (Å²) in [6.45, 7) is 1.44. The van der Waals surface area contributed by atoms with E-state index in [0.717, 1.165) is 0 Å². The summed E-state index contributed by atoms with van der Waals surface area (Å²) in [6, 6.07) is 0. The lowest BCUT2D eigenvalue weighted by molar-refractivity contribution is -0.138. The number of hydrogen-bond acceptors (Lipinski definition) is 3. The fraction of sp³-hybridized carbons (Fsp3) is 0.889. The van der Waals surface area contributed by atoms with Crippen molar-refractivity contribution in [2.24, 2.45) is 5.92 Å². The summed E-state index contributed by atoms with van der Waals surface area (Å²) in [5, 5.41) is 8.44. The van der Waals surface area contributed by atoms with Crippen molar-refractivity contribution in [1.82, 2.24) is 4.72 Å². The number of hydrogen-bond donors (Lipinski definition) is 2. The highest BCUT2D eigenvalue weighted by Gasteiger charge is 2.27. The number of rotatable bonds is 8. The Labute approximate surface area is 103 Å². The first-order valence-electron chi connectivity index (χ1n) is 5.28. The Morgan fingerprint density at radius 2 is 1.94 bits per heavy atom. The van der Waals surface area contributed by atoms with Crippen molar-refractivity contribution in [3.63, 3.8) is 0 Å². The molecule has 0 spiro atoms. The third-order valence-corrected chi connectivity index (χ3v) is 3.48. The number of alkyl halides is 3. The summed E-state index contributed by atoms with van der Waals surface area (Å²) in [7, 11) is -3.78. The van der Waals surface area contributed by atoms with E-state index in [1.807, 2.05) is 0 Å². The Bertz CT molecular complexity index is 366. The summed E-state index contributed by atoms with van der Waals surface area (Å²) >= 11 is 0. The Morgan fingerprint density at radius 3 is 2.39 bits per heavy atom. The van der Waals surface area contributed by atoms with Gasteiger partial charge in [-0.1, -0.05) is 6.92 Å². The Hall–Kier alpha value is -0.830. The molecule has 0 radical (unpaired) electrons. The second-order valence-corrected chi connectivity index (χ2v) is 6.02. The fourth-order valence-electron chi connectivity index (χ4n) is 1.17. The van der Waals surface area contributed by atoms with E-state index in [0.29, 0.717) is 0 Å². The molecule has 0 saturated carbocycles. The van der Waals surface area contributed by atoms with E-state index in [9.17, 15) is 26.4 Å². The van der Waals surface area contributed by atoms with Crippen LogP contribution in [0, 0.1) is 5.92 Å². The average molecular weight is 291 g/mol. The fourth-order valence-corrected chi connectivity index (χ4v) is 2.38. The number of sulfonamides is 1. The van der Waals surface area contributed by atoms with E-state index < -0.39 is 46.7 Å². The molecule has 0 aliphatic rings. The molecule has 108 valence electrons. The molecule has 0 saturated heterocycles. The van der Waals surface area contributed by atoms with Crippen LogP contribution in [0.25, 0.3) is 0 Å². The maximum atomic E-state index is 11.8. The van der Waals surface area contributed by atoms with Crippen LogP contribution in [0.1, 0.15) is 26.2 Å². The third kappa shape index (κ3) is 10.3. The zero-order valence-corrected chi connectivity index (χ0v) is 10.6. The van der Waals surface area contributed by atoms with Gasteiger partial charge in [0.15, 0.2) is 0 Å². The van der Waals surface area contributed by atoms with Gasteiger partial charge in [-0.25, -0.2) is 13.1 Å². The standard InChI is InChI=1S/C9H16F3NO4S/c1-7(5-8(14)15)6-13-18(16,17)4-2-3-9(10,11)12/h7,13H,2-6H2,1H3,(H,14,15). The summed E-state index contributed by atoms with van der Waals surface area (Å²) in [6.07, 6.45) is -6.23. The molecule has 9 heteroatoms. The molecule has 18 heavy (non-hydrogen) atoms. The van der Waals surface area contributed by atoms with Crippen LogP contribution in [-0.2, 0) is 14.8 Å². The van der Waals surface area contributed by atoms with E-state index in [1.54, 1.807) is 0 Å². The monoisotopic (exact) mass is 291 g/mol. The predicted octanol–water partition coefficient (Wildman–Crippen LogP) is 1.36. The molecule has 0 fully saturated rings. The SMILES string of the molecule is CC(CNS(=O)(=O)CCCC(F)(F)F)CC(=O)O. The lowest BCUT2D eigenvalue weighted by atomic mass is 10.1. The molecule has 0 aromatic carbocycles. The van der Waals surface area contributed by atoms with Gasteiger partial charge >= 0.3 is 12.1 Å². The van der Waals surface area contributed by atoms with Crippen LogP contribution in [0.2, 0.25) is 0 Å². The number of nitrogens with one attached hydrogen (secondary N) is 1. The van der Waals surface area contributed by atoms with Gasteiger partial charge in [-0.3, -0.25) is 4.79 Å². The van der Waals surface area contributed by atoms with Crippen molar-refractivity contribution in [2.45, 2.75) is 32.4 Å². The first-order valence-corrected chi connectivity index (χ1v) is 6.93. The van der Waals surface area contributed by atoms with E-state index in [-0.39, 0.29) is 13.0 Å². The molecule has 0 aromatic heterocycles. The first kappa shape index (κ1) is 17.2. The van der Waals surface area contributed by atoms with Crippen LogP contribution in [-0.4, -0.2) is 38.0 Å². The highest BCUT2D eigenvalue weighted by Crippen LogP contribution is 2.21. The minimum Gasteiger partial charge on any atom is -0.481 e. The minimum absolute atomic E-state index is 0.0966.